The van der Waals surface area contributed by atoms with Crippen molar-refractivity contribution in [3.63, 3.8) is 0 Å². The second-order valence-electron chi connectivity index (χ2n) is 3.69. The molecule has 0 bridgehead atoms. The SMILES string of the molecule is Cl.FC(F)(F)c1cccc(C2CNCCO2)c1. The highest BCUT2D eigenvalue weighted by molar-refractivity contribution is 5.85. The Balaban J connectivity index is 0.00000144. The van der Waals surface area contributed by atoms with E-state index in [0.717, 1.165) is 18.7 Å². The van der Waals surface area contributed by atoms with Crippen LogP contribution in [0, 0.1) is 0 Å². The molecule has 17 heavy (non-hydrogen) atoms. The van der Waals surface area contributed by atoms with Gasteiger partial charge in [0.05, 0.1) is 18.3 Å². The molecule has 0 saturated carbocycles. The number of nitrogens with one attached hydrogen (secondary N) is 1. The number of morpholine rings is 1. The van der Waals surface area contributed by atoms with Crippen molar-refractivity contribution >= 4 is 12.4 Å². The molecule has 6 heteroatoms. The van der Waals surface area contributed by atoms with Crippen molar-refractivity contribution in [1.29, 1.82) is 0 Å². The van der Waals surface area contributed by atoms with Gasteiger partial charge in [-0.05, 0) is 17.7 Å². The number of benzene rings is 1. The minimum absolute atomic E-state index is 0. The van der Waals surface area contributed by atoms with E-state index in [2.05, 4.69) is 5.32 Å². The lowest BCUT2D eigenvalue weighted by molar-refractivity contribution is -0.137. The highest BCUT2D eigenvalue weighted by Crippen LogP contribution is 2.31. The van der Waals surface area contributed by atoms with Gasteiger partial charge in [-0.1, -0.05) is 12.1 Å². The third kappa shape index (κ3) is 3.59. The topological polar surface area (TPSA) is 21.3 Å². The average Bonchev–Trinajstić information content (AvgIpc) is 2.29. The van der Waals surface area contributed by atoms with E-state index in [1.54, 1.807) is 6.07 Å². The summed E-state index contributed by atoms with van der Waals surface area (Å²) in [5, 5.41) is 3.09. The number of alkyl halides is 3. The maximum Gasteiger partial charge on any atom is 0.416 e. The Hall–Kier alpha value is -0.780. The largest absolute Gasteiger partial charge is 0.416 e. The van der Waals surface area contributed by atoms with Crippen molar-refractivity contribution in [1.82, 2.24) is 5.32 Å². The monoisotopic (exact) mass is 267 g/mol. The van der Waals surface area contributed by atoms with Gasteiger partial charge in [-0.3, -0.25) is 0 Å². The van der Waals surface area contributed by atoms with Crippen molar-refractivity contribution in [2.75, 3.05) is 19.7 Å². The molecule has 1 heterocycles. The number of hydrogen-bond donors (Lipinski definition) is 1. The molecule has 1 fully saturated rings. The summed E-state index contributed by atoms with van der Waals surface area (Å²) in [7, 11) is 0. The van der Waals surface area contributed by atoms with Gasteiger partial charge < -0.3 is 10.1 Å². The second-order valence-corrected chi connectivity index (χ2v) is 3.69. The highest BCUT2D eigenvalue weighted by Gasteiger charge is 2.31. The average molecular weight is 268 g/mol. The first kappa shape index (κ1) is 14.3. The third-order valence-corrected chi connectivity index (χ3v) is 2.51. The van der Waals surface area contributed by atoms with E-state index in [0.29, 0.717) is 18.7 Å². The van der Waals surface area contributed by atoms with Gasteiger partial charge in [0, 0.05) is 13.1 Å². The molecule has 1 atom stereocenters. The summed E-state index contributed by atoms with van der Waals surface area (Å²) in [5.74, 6) is 0. The molecule has 1 unspecified atom stereocenters. The summed E-state index contributed by atoms with van der Waals surface area (Å²) in [4.78, 5) is 0. The minimum Gasteiger partial charge on any atom is -0.371 e. The van der Waals surface area contributed by atoms with Crippen LogP contribution >= 0.6 is 12.4 Å². The van der Waals surface area contributed by atoms with E-state index < -0.39 is 11.7 Å². The molecule has 1 aromatic rings. The minimum atomic E-state index is -4.29. The second kappa shape index (κ2) is 5.71. The molecule has 1 aromatic carbocycles. The molecule has 1 N–H and O–H groups in total. The number of ether oxygens (including phenoxy) is 1. The number of hydrogen-bond acceptors (Lipinski definition) is 2. The van der Waals surface area contributed by atoms with Crippen LogP contribution in [0.2, 0.25) is 0 Å². The van der Waals surface area contributed by atoms with E-state index in [4.69, 9.17) is 4.74 Å². The van der Waals surface area contributed by atoms with Crippen molar-refractivity contribution in [2.24, 2.45) is 0 Å². The van der Waals surface area contributed by atoms with E-state index in [1.165, 1.54) is 6.07 Å². The quantitative estimate of drug-likeness (QED) is 0.845. The first-order chi connectivity index (χ1) is 7.57. The first-order valence-corrected chi connectivity index (χ1v) is 5.07. The van der Waals surface area contributed by atoms with Gasteiger partial charge in [0.15, 0.2) is 0 Å². The lowest BCUT2D eigenvalue weighted by Gasteiger charge is -2.24. The standard InChI is InChI=1S/C11H12F3NO.ClH/c12-11(13,14)9-3-1-2-8(6-9)10-7-15-4-5-16-10;/h1-3,6,10,15H,4-5,7H2;1H. The van der Waals surface area contributed by atoms with Crippen LogP contribution in [0.3, 0.4) is 0 Å². The number of rotatable bonds is 1. The van der Waals surface area contributed by atoms with Crippen LogP contribution < -0.4 is 5.32 Å². The zero-order valence-corrected chi connectivity index (χ0v) is 9.77. The fourth-order valence-electron chi connectivity index (χ4n) is 1.69. The van der Waals surface area contributed by atoms with Gasteiger partial charge >= 0.3 is 6.18 Å². The van der Waals surface area contributed by atoms with Gasteiger partial charge in [0.1, 0.15) is 0 Å². The Bertz CT molecular complexity index is 364. The zero-order chi connectivity index (χ0) is 11.6. The maximum atomic E-state index is 12.5. The summed E-state index contributed by atoms with van der Waals surface area (Å²) in [6.45, 7) is 1.83. The Morgan fingerprint density at radius 1 is 1.29 bits per heavy atom. The summed E-state index contributed by atoms with van der Waals surface area (Å²) < 4.78 is 42.8. The summed E-state index contributed by atoms with van der Waals surface area (Å²) in [6, 6.07) is 5.29. The lowest BCUT2D eigenvalue weighted by atomic mass is 10.0. The van der Waals surface area contributed by atoms with E-state index in [1.807, 2.05) is 0 Å². The van der Waals surface area contributed by atoms with Crippen LogP contribution in [0.5, 0.6) is 0 Å². The van der Waals surface area contributed by atoms with Crippen molar-refractivity contribution in [3.05, 3.63) is 35.4 Å². The van der Waals surface area contributed by atoms with Gasteiger partial charge in [0.2, 0.25) is 0 Å². The molecule has 1 aliphatic rings. The van der Waals surface area contributed by atoms with E-state index in [-0.39, 0.29) is 18.5 Å². The molecule has 96 valence electrons. The molecular weight excluding hydrogens is 255 g/mol. The van der Waals surface area contributed by atoms with Crippen LogP contribution in [0.4, 0.5) is 13.2 Å². The van der Waals surface area contributed by atoms with E-state index >= 15 is 0 Å². The van der Waals surface area contributed by atoms with Crippen molar-refractivity contribution in [3.8, 4) is 0 Å². The molecule has 0 spiro atoms. The van der Waals surface area contributed by atoms with Gasteiger partial charge in [-0.25, -0.2) is 0 Å². The van der Waals surface area contributed by atoms with Crippen LogP contribution in [0.15, 0.2) is 24.3 Å². The van der Waals surface area contributed by atoms with Crippen molar-refractivity contribution < 1.29 is 17.9 Å². The third-order valence-electron chi connectivity index (χ3n) is 2.51. The van der Waals surface area contributed by atoms with Gasteiger partial charge in [-0.15, -0.1) is 12.4 Å². The Kier molecular flexibility index (Phi) is 4.80. The Morgan fingerprint density at radius 2 is 2.06 bits per heavy atom. The molecule has 0 aliphatic carbocycles. The fraction of sp³-hybridized carbons (Fsp3) is 0.455. The van der Waals surface area contributed by atoms with Crippen molar-refractivity contribution in [2.45, 2.75) is 12.3 Å². The highest BCUT2D eigenvalue weighted by atomic mass is 35.5. The first-order valence-electron chi connectivity index (χ1n) is 5.07. The summed E-state index contributed by atoms with van der Waals surface area (Å²) >= 11 is 0. The Labute approximate surface area is 104 Å². The van der Waals surface area contributed by atoms with Crippen LogP contribution in [-0.2, 0) is 10.9 Å². The molecule has 2 nitrogen and oxygen atoms in total. The molecule has 0 radical (unpaired) electrons. The summed E-state index contributed by atoms with van der Waals surface area (Å²) in [5.41, 5.74) is -0.0544. The predicted octanol–water partition coefficient (Wildman–Crippen LogP) is 2.79. The number of halogens is 4. The summed E-state index contributed by atoms with van der Waals surface area (Å²) in [6.07, 6.45) is -4.57. The maximum absolute atomic E-state index is 12.5. The normalized spacial score (nSPS) is 20.8. The van der Waals surface area contributed by atoms with Crippen LogP contribution in [-0.4, -0.2) is 19.7 Å². The molecule has 1 aliphatic heterocycles. The van der Waals surface area contributed by atoms with Gasteiger partial charge in [0.25, 0.3) is 0 Å². The van der Waals surface area contributed by atoms with Crippen LogP contribution in [0.1, 0.15) is 17.2 Å². The van der Waals surface area contributed by atoms with Gasteiger partial charge in [-0.2, -0.15) is 13.2 Å². The molecular formula is C11H13ClF3NO. The zero-order valence-electron chi connectivity index (χ0n) is 8.96. The van der Waals surface area contributed by atoms with Crippen LogP contribution in [0.25, 0.3) is 0 Å². The molecule has 0 aromatic heterocycles. The van der Waals surface area contributed by atoms with E-state index in [9.17, 15) is 13.2 Å². The molecule has 0 amide bonds. The lowest BCUT2D eigenvalue weighted by Crippen LogP contribution is -2.33. The molecule has 1 saturated heterocycles. The predicted molar refractivity (Wildman–Crippen MR) is 60.3 cm³/mol. The Morgan fingerprint density at radius 3 is 2.65 bits per heavy atom. The molecule has 2 rings (SSSR count). The smallest absolute Gasteiger partial charge is 0.371 e. The fourth-order valence-corrected chi connectivity index (χ4v) is 1.69.